The Bertz CT molecular complexity index is 832. The van der Waals surface area contributed by atoms with E-state index in [-0.39, 0.29) is 19.0 Å². The largest absolute Gasteiger partial charge is 0.383 e. The van der Waals surface area contributed by atoms with Gasteiger partial charge in [-0.1, -0.05) is 18.2 Å². The second-order valence-electron chi connectivity index (χ2n) is 5.96. The number of carbonyl (C=O) groups excluding carboxylic acids is 1. The summed E-state index contributed by atoms with van der Waals surface area (Å²) in [6.07, 6.45) is 5.24. The summed E-state index contributed by atoms with van der Waals surface area (Å²) in [7, 11) is 1.79. The lowest BCUT2D eigenvalue weighted by Crippen LogP contribution is -2.39. The Morgan fingerprint density at radius 1 is 1.35 bits per heavy atom. The standard InChI is InChI=1S/C17H20N4O2/c1-17(23,14-9-19-20(2)10-14)12-18-16(22)11-21-8-7-13-5-3-4-6-15(13)21/h3-10,23H,11-12H2,1-2H3,(H,18,22). The maximum Gasteiger partial charge on any atom is 0.240 e. The van der Waals surface area contributed by atoms with E-state index in [4.69, 9.17) is 0 Å². The molecule has 1 amide bonds. The molecular weight excluding hydrogens is 292 g/mol. The zero-order valence-corrected chi connectivity index (χ0v) is 13.2. The minimum atomic E-state index is -1.15. The van der Waals surface area contributed by atoms with Gasteiger partial charge in [-0.15, -0.1) is 0 Å². The SMILES string of the molecule is Cn1cc(C(C)(O)CNC(=O)Cn2ccc3ccccc32)cn1. The number of aliphatic hydroxyl groups is 1. The Hall–Kier alpha value is -2.60. The van der Waals surface area contributed by atoms with E-state index < -0.39 is 5.60 Å². The van der Waals surface area contributed by atoms with Gasteiger partial charge in [-0.3, -0.25) is 9.48 Å². The number of amides is 1. The molecule has 1 aromatic carbocycles. The molecule has 0 spiro atoms. The second kappa shape index (κ2) is 5.89. The maximum absolute atomic E-state index is 12.2. The van der Waals surface area contributed by atoms with Crippen LogP contribution in [-0.4, -0.2) is 31.9 Å². The fourth-order valence-electron chi connectivity index (χ4n) is 2.56. The summed E-state index contributed by atoms with van der Waals surface area (Å²) in [5.74, 6) is -0.143. The highest BCUT2D eigenvalue weighted by Gasteiger charge is 2.25. The molecule has 2 heterocycles. The van der Waals surface area contributed by atoms with Crippen molar-refractivity contribution in [2.45, 2.75) is 19.1 Å². The predicted octanol–water partition coefficient (Wildman–Crippen LogP) is 1.40. The molecule has 120 valence electrons. The number of para-hydroxylation sites is 1. The van der Waals surface area contributed by atoms with Crippen LogP contribution in [0.15, 0.2) is 48.9 Å². The van der Waals surface area contributed by atoms with Crippen molar-refractivity contribution in [3.63, 3.8) is 0 Å². The molecule has 0 aliphatic heterocycles. The van der Waals surface area contributed by atoms with E-state index in [9.17, 15) is 9.90 Å². The van der Waals surface area contributed by atoms with Crippen molar-refractivity contribution < 1.29 is 9.90 Å². The third-order valence-electron chi connectivity index (χ3n) is 3.95. The normalized spacial score (nSPS) is 13.9. The number of hydrogen-bond acceptors (Lipinski definition) is 3. The van der Waals surface area contributed by atoms with Gasteiger partial charge in [0.2, 0.25) is 5.91 Å². The van der Waals surface area contributed by atoms with Crippen LogP contribution >= 0.6 is 0 Å². The molecule has 6 heteroatoms. The van der Waals surface area contributed by atoms with Crippen molar-refractivity contribution in [2.24, 2.45) is 7.05 Å². The Balaban J connectivity index is 1.63. The first-order valence-electron chi connectivity index (χ1n) is 7.48. The maximum atomic E-state index is 12.2. The molecular formula is C17H20N4O2. The van der Waals surface area contributed by atoms with Crippen LogP contribution in [0.1, 0.15) is 12.5 Å². The van der Waals surface area contributed by atoms with Crippen LogP contribution in [0, 0.1) is 0 Å². The van der Waals surface area contributed by atoms with Crippen molar-refractivity contribution in [1.82, 2.24) is 19.7 Å². The van der Waals surface area contributed by atoms with Gasteiger partial charge >= 0.3 is 0 Å². The zero-order valence-electron chi connectivity index (χ0n) is 13.2. The highest BCUT2D eigenvalue weighted by atomic mass is 16.3. The fraction of sp³-hybridized carbons (Fsp3) is 0.294. The number of nitrogens with one attached hydrogen (secondary N) is 1. The number of aromatic nitrogens is 3. The molecule has 3 rings (SSSR count). The lowest BCUT2D eigenvalue weighted by atomic mass is 10.00. The van der Waals surface area contributed by atoms with Crippen molar-refractivity contribution in [1.29, 1.82) is 0 Å². The topological polar surface area (TPSA) is 72.1 Å². The molecule has 0 bridgehead atoms. The molecule has 0 aliphatic carbocycles. The summed E-state index contributed by atoms with van der Waals surface area (Å²) in [4.78, 5) is 12.2. The first-order chi connectivity index (χ1) is 11.0. The summed E-state index contributed by atoms with van der Waals surface area (Å²) in [5, 5.41) is 18.4. The van der Waals surface area contributed by atoms with E-state index in [0.717, 1.165) is 10.9 Å². The third-order valence-corrected chi connectivity index (χ3v) is 3.95. The smallest absolute Gasteiger partial charge is 0.240 e. The van der Waals surface area contributed by atoms with Crippen LogP contribution < -0.4 is 5.32 Å². The highest BCUT2D eigenvalue weighted by Crippen LogP contribution is 2.18. The van der Waals surface area contributed by atoms with Crippen molar-refractivity contribution >= 4 is 16.8 Å². The molecule has 2 aromatic heterocycles. The van der Waals surface area contributed by atoms with E-state index in [2.05, 4.69) is 10.4 Å². The van der Waals surface area contributed by atoms with Crippen LogP contribution in [0.5, 0.6) is 0 Å². The summed E-state index contributed by atoms with van der Waals surface area (Å²) in [5.41, 5.74) is 0.538. The number of benzene rings is 1. The van der Waals surface area contributed by atoms with E-state index in [1.807, 2.05) is 41.1 Å². The number of carbonyl (C=O) groups is 1. The molecule has 0 saturated carbocycles. The average molecular weight is 312 g/mol. The molecule has 3 aromatic rings. The quantitative estimate of drug-likeness (QED) is 0.748. The highest BCUT2D eigenvalue weighted by molar-refractivity contribution is 5.83. The summed E-state index contributed by atoms with van der Waals surface area (Å²) in [6, 6.07) is 9.89. The van der Waals surface area contributed by atoms with Gasteiger partial charge in [0.05, 0.1) is 12.7 Å². The van der Waals surface area contributed by atoms with Crippen LogP contribution in [0.4, 0.5) is 0 Å². The number of rotatable bonds is 5. The molecule has 0 saturated heterocycles. The molecule has 2 N–H and O–H groups in total. The van der Waals surface area contributed by atoms with Crippen molar-refractivity contribution in [3.8, 4) is 0 Å². The van der Waals surface area contributed by atoms with Crippen LogP contribution in [-0.2, 0) is 24.0 Å². The molecule has 0 aliphatic rings. The minimum Gasteiger partial charge on any atom is -0.383 e. The molecule has 1 atom stereocenters. The van der Waals surface area contributed by atoms with Crippen LogP contribution in [0.25, 0.3) is 10.9 Å². The monoisotopic (exact) mass is 312 g/mol. The van der Waals surface area contributed by atoms with E-state index in [1.165, 1.54) is 0 Å². The van der Waals surface area contributed by atoms with Gasteiger partial charge in [0.25, 0.3) is 0 Å². The molecule has 6 nitrogen and oxygen atoms in total. The summed E-state index contributed by atoms with van der Waals surface area (Å²) in [6.45, 7) is 2.02. The number of hydrogen-bond donors (Lipinski definition) is 2. The Morgan fingerprint density at radius 2 is 2.13 bits per heavy atom. The average Bonchev–Trinajstić information content (AvgIpc) is 3.13. The lowest BCUT2D eigenvalue weighted by molar-refractivity contribution is -0.122. The van der Waals surface area contributed by atoms with Gasteiger partial charge in [0, 0.05) is 30.5 Å². The number of fused-ring (bicyclic) bond motifs is 1. The number of nitrogens with zero attached hydrogens (tertiary/aromatic N) is 3. The first-order valence-corrected chi connectivity index (χ1v) is 7.48. The van der Waals surface area contributed by atoms with Crippen LogP contribution in [0.3, 0.4) is 0 Å². The van der Waals surface area contributed by atoms with Gasteiger partial charge in [-0.05, 0) is 24.4 Å². The van der Waals surface area contributed by atoms with E-state index in [1.54, 1.807) is 31.0 Å². The summed E-state index contributed by atoms with van der Waals surface area (Å²) >= 11 is 0. The molecule has 0 fully saturated rings. The van der Waals surface area contributed by atoms with E-state index >= 15 is 0 Å². The molecule has 1 unspecified atom stereocenters. The van der Waals surface area contributed by atoms with Gasteiger partial charge < -0.3 is 15.0 Å². The van der Waals surface area contributed by atoms with Crippen molar-refractivity contribution in [2.75, 3.05) is 6.54 Å². The first kappa shape index (κ1) is 15.3. The van der Waals surface area contributed by atoms with Crippen LogP contribution in [0.2, 0.25) is 0 Å². The summed E-state index contributed by atoms with van der Waals surface area (Å²) < 4.78 is 3.51. The van der Waals surface area contributed by atoms with Gasteiger partial charge in [0.15, 0.2) is 0 Å². The number of aryl methyl sites for hydroxylation is 1. The fourth-order valence-corrected chi connectivity index (χ4v) is 2.56. The third kappa shape index (κ3) is 3.27. The second-order valence-corrected chi connectivity index (χ2v) is 5.96. The van der Waals surface area contributed by atoms with Gasteiger partial charge in [-0.25, -0.2) is 0 Å². The minimum absolute atomic E-state index is 0.136. The van der Waals surface area contributed by atoms with Gasteiger partial charge in [0.1, 0.15) is 12.1 Å². The lowest BCUT2D eigenvalue weighted by Gasteiger charge is -2.22. The predicted molar refractivity (Wildman–Crippen MR) is 87.7 cm³/mol. The Kier molecular flexibility index (Phi) is 3.92. The van der Waals surface area contributed by atoms with Crippen molar-refractivity contribution in [3.05, 3.63) is 54.5 Å². The molecule has 23 heavy (non-hydrogen) atoms. The van der Waals surface area contributed by atoms with E-state index in [0.29, 0.717) is 5.56 Å². The van der Waals surface area contributed by atoms with Gasteiger partial charge in [-0.2, -0.15) is 5.10 Å². The zero-order chi connectivity index (χ0) is 16.4. The molecule has 0 radical (unpaired) electrons. The Labute approximate surface area is 134 Å². The Morgan fingerprint density at radius 3 is 2.87 bits per heavy atom.